The van der Waals surface area contributed by atoms with Crippen molar-refractivity contribution in [3.8, 4) is 0 Å². The number of nitrogens with zero attached hydrogens (tertiary/aromatic N) is 3. The minimum atomic E-state index is -3.17. The van der Waals surface area contributed by atoms with Crippen LogP contribution in [0.5, 0.6) is 0 Å². The molecule has 3 rings (SSSR count). The predicted octanol–water partition coefficient (Wildman–Crippen LogP) is 2.32. The third kappa shape index (κ3) is 4.65. The van der Waals surface area contributed by atoms with Crippen molar-refractivity contribution >= 4 is 10.0 Å². The van der Waals surface area contributed by atoms with E-state index in [2.05, 4.69) is 10.1 Å². The SMILES string of the molecule is CCCS(=O)(=O)N1CCC(c2noc(COCc3ccccc3)n2)C1. The van der Waals surface area contributed by atoms with Crippen LogP contribution in [0.15, 0.2) is 34.9 Å². The molecule has 1 aromatic heterocycles. The second-order valence-electron chi connectivity index (χ2n) is 6.18. The lowest BCUT2D eigenvalue weighted by molar-refractivity contribution is 0.0850. The lowest BCUT2D eigenvalue weighted by atomic mass is 10.1. The van der Waals surface area contributed by atoms with E-state index in [1.807, 2.05) is 37.3 Å². The van der Waals surface area contributed by atoms with Crippen molar-refractivity contribution in [3.05, 3.63) is 47.6 Å². The van der Waals surface area contributed by atoms with Gasteiger partial charge in [-0.15, -0.1) is 0 Å². The van der Waals surface area contributed by atoms with Gasteiger partial charge in [0.1, 0.15) is 6.61 Å². The minimum absolute atomic E-state index is 0.0155. The summed E-state index contributed by atoms with van der Waals surface area (Å²) in [7, 11) is -3.17. The summed E-state index contributed by atoms with van der Waals surface area (Å²) in [4.78, 5) is 4.36. The molecule has 1 unspecified atom stereocenters. The average Bonchev–Trinajstić information content (AvgIpc) is 3.25. The molecule has 0 N–H and O–H groups in total. The maximum absolute atomic E-state index is 12.1. The summed E-state index contributed by atoms with van der Waals surface area (Å²) in [6.45, 7) is 3.52. The van der Waals surface area contributed by atoms with Gasteiger partial charge in [-0.25, -0.2) is 12.7 Å². The molecule has 1 fully saturated rings. The molecule has 0 bridgehead atoms. The smallest absolute Gasteiger partial charge is 0.252 e. The van der Waals surface area contributed by atoms with Crippen molar-refractivity contribution in [1.29, 1.82) is 0 Å². The average molecular weight is 365 g/mol. The Labute approximate surface area is 148 Å². The van der Waals surface area contributed by atoms with Gasteiger partial charge >= 0.3 is 0 Å². The van der Waals surface area contributed by atoms with Crippen LogP contribution in [0.25, 0.3) is 0 Å². The zero-order chi connectivity index (χ0) is 17.7. The first kappa shape index (κ1) is 18.0. The molecule has 0 amide bonds. The Morgan fingerprint density at radius 3 is 2.84 bits per heavy atom. The van der Waals surface area contributed by atoms with Gasteiger partial charge in [-0.2, -0.15) is 4.98 Å². The third-order valence-electron chi connectivity index (χ3n) is 4.19. The van der Waals surface area contributed by atoms with Crippen molar-refractivity contribution in [3.63, 3.8) is 0 Å². The number of aromatic nitrogens is 2. The first-order chi connectivity index (χ1) is 12.1. The fourth-order valence-electron chi connectivity index (χ4n) is 2.90. The van der Waals surface area contributed by atoms with E-state index in [9.17, 15) is 8.42 Å². The molecule has 25 heavy (non-hydrogen) atoms. The lowest BCUT2D eigenvalue weighted by Gasteiger charge is -2.14. The summed E-state index contributed by atoms with van der Waals surface area (Å²) < 4.78 is 36.6. The molecule has 2 aromatic rings. The van der Waals surface area contributed by atoms with E-state index in [1.165, 1.54) is 4.31 Å². The molecule has 1 saturated heterocycles. The van der Waals surface area contributed by atoms with E-state index in [0.717, 1.165) is 5.56 Å². The summed E-state index contributed by atoms with van der Waals surface area (Å²) in [5, 5.41) is 4.00. The number of benzene rings is 1. The normalized spacial score (nSPS) is 18.7. The van der Waals surface area contributed by atoms with Crippen LogP contribution < -0.4 is 0 Å². The minimum Gasteiger partial charge on any atom is -0.367 e. The number of sulfonamides is 1. The number of hydrogen-bond acceptors (Lipinski definition) is 6. The van der Waals surface area contributed by atoms with E-state index in [0.29, 0.717) is 44.3 Å². The maximum Gasteiger partial charge on any atom is 0.252 e. The predicted molar refractivity (Wildman–Crippen MR) is 92.2 cm³/mol. The van der Waals surface area contributed by atoms with Gasteiger partial charge < -0.3 is 9.26 Å². The molecular formula is C17H23N3O4S. The topological polar surface area (TPSA) is 85.5 Å². The van der Waals surface area contributed by atoms with E-state index in [1.54, 1.807) is 0 Å². The molecule has 2 heterocycles. The molecule has 136 valence electrons. The van der Waals surface area contributed by atoms with Crippen LogP contribution in [-0.4, -0.2) is 41.7 Å². The molecule has 0 spiro atoms. The zero-order valence-electron chi connectivity index (χ0n) is 14.3. The first-order valence-corrected chi connectivity index (χ1v) is 10.1. The maximum atomic E-state index is 12.1. The summed E-state index contributed by atoms with van der Waals surface area (Å²) in [6, 6.07) is 9.86. The number of hydrogen-bond donors (Lipinski definition) is 0. The fraction of sp³-hybridized carbons (Fsp3) is 0.529. The summed E-state index contributed by atoms with van der Waals surface area (Å²) in [6.07, 6.45) is 1.33. The second-order valence-corrected chi connectivity index (χ2v) is 8.27. The van der Waals surface area contributed by atoms with Crippen molar-refractivity contribution in [2.24, 2.45) is 0 Å². The largest absolute Gasteiger partial charge is 0.367 e. The van der Waals surface area contributed by atoms with Gasteiger partial charge in [-0.3, -0.25) is 0 Å². The molecule has 0 radical (unpaired) electrons. The van der Waals surface area contributed by atoms with Crippen LogP contribution in [0.2, 0.25) is 0 Å². The highest BCUT2D eigenvalue weighted by Gasteiger charge is 2.33. The van der Waals surface area contributed by atoms with Crippen molar-refractivity contribution in [2.75, 3.05) is 18.8 Å². The molecule has 1 aliphatic rings. The quantitative estimate of drug-likeness (QED) is 0.714. The van der Waals surface area contributed by atoms with Crippen LogP contribution in [0.4, 0.5) is 0 Å². The van der Waals surface area contributed by atoms with Gasteiger partial charge in [0.25, 0.3) is 5.89 Å². The van der Waals surface area contributed by atoms with E-state index >= 15 is 0 Å². The highest BCUT2D eigenvalue weighted by Crippen LogP contribution is 2.27. The van der Waals surface area contributed by atoms with Gasteiger partial charge in [0.05, 0.1) is 12.4 Å². The number of rotatable bonds is 8. The van der Waals surface area contributed by atoms with Crippen LogP contribution in [-0.2, 0) is 28.0 Å². The van der Waals surface area contributed by atoms with Crippen molar-refractivity contribution in [2.45, 2.75) is 38.9 Å². The molecule has 1 aromatic carbocycles. The molecule has 0 aliphatic carbocycles. The Hall–Kier alpha value is -1.77. The van der Waals surface area contributed by atoms with Gasteiger partial charge in [0.2, 0.25) is 10.0 Å². The highest BCUT2D eigenvalue weighted by molar-refractivity contribution is 7.89. The monoisotopic (exact) mass is 365 g/mol. The molecule has 8 heteroatoms. The number of ether oxygens (including phenoxy) is 1. The molecule has 7 nitrogen and oxygen atoms in total. The van der Waals surface area contributed by atoms with E-state index in [-0.39, 0.29) is 18.3 Å². The van der Waals surface area contributed by atoms with Crippen molar-refractivity contribution < 1.29 is 17.7 Å². The first-order valence-electron chi connectivity index (χ1n) is 8.50. The summed E-state index contributed by atoms with van der Waals surface area (Å²) in [5.74, 6) is 1.15. The fourth-order valence-corrected chi connectivity index (χ4v) is 4.47. The molecule has 1 atom stereocenters. The molecular weight excluding hydrogens is 342 g/mol. The van der Waals surface area contributed by atoms with Crippen molar-refractivity contribution in [1.82, 2.24) is 14.4 Å². The van der Waals surface area contributed by atoms with E-state index < -0.39 is 10.0 Å². The van der Waals surface area contributed by atoms with E-state index in [4.69, 9.17) is 9.26 Å². The highest BCUT2D eigenvalue weighted by atomic mass is 32.2. The summed E-state index contributed by atoms with van der Waals surface area (Å²) >= 11 is 0. The Kier molecular flexibility index (Phi) is 5.82. The van der Waals surface area contributed by atoms with Crippen LogP contribution in [0.3, 0.4) is 0 Å². The summed E-state index contributed by atoms with van der Waals surface area (Å²) in [5.41, 5.74) is 1.08. The van der Waals surface area contributed by atoms with Gasteiger partial charge in [0.15, 0.2) is 5.82 Å². The van der Waals surface area contributed by atoms with Gasteiger partial charge in [-0.05, 0) is 18.4 Å². The Bertz CT molecular complexity index is 776. The van der Waals surface area contributed by atoms with Gasteiger partial charge in [0, 0.05) is 19.0 Å². The molecule has 1 aliphatic heterocycles. The standard InChI is InChI=1S/C17H23N3O4S/c1-2-10-25(21,22)20-9-8-15(11-20)17-18-16(24-19-17)13-23-12-14-6-4-3-5-7-14/h3-7,15H,2,8-13H2,1H3. The lowest BCUT2D eigenvalue weighted by Crippen LogP contribution is -2.30. The Morgan fingerprint density at radius 1 is 1.28 bits per heavy atom. The van der Waals surface area contributed by atoms with Gasteiger partial charge in [-0.1, -0.05) is 42.4 Å². The Balaban J connectivity index is 1.52. The van der Waals surface area contributed by atoms with Crippen LogP contribution >= 0.6 is 0 Å². The zero-order valence-corrected chi connectivity index (χ0v) is 15.1. The second kappa shape index (κ2) is 8.07. The Morgan fingerprint density at radius 2 is 2.08 bits per heavy atom. The van der Waals surface area contributed by atoms with Crippen LogP contribution in [0.1, 0.15) is 43.0 Å². The molecule has 0 saturated carbocycles. The third-order valence-corrected chi connectivity index (χ3v) is 6.24. The van der Waals surface area contributed by atoms with Crippen LogP contribution in [0, 0.1) is 0 Å².